The van der Waals surface area contributed by atoms with Gasteiger partial charge in [-0.15, -0.1) is 0 Å². The monoisotopic (exact) mass is 470 g/mol. The van der Waals surface area contributed by atoms with E-state index in [0.717, 1.165) is 18.2 Å². The number of carbonyl (C=O) groups is 2. The molecule has 126 valence electrons. The van der Waals surface area contributed by atoms with Crippen LogP contribution < -0.4 is 0 Å². The molecule has 1 aromatic rings. The first-order valence-corrected chi connectivity index (χ1v) is 7.99. The topological polar surface area (TPSA) is 107 Å². The van der Waals surface area contributed by atoms with Crippen molar-refractivity contribution in [3.05, 3.63) is 29.3 Å². The Kier molecular flexibility index (Phi) is 9.07. The van der Waals surface area contributed by atoms with Gasteiger partial charge in [-0.2, -0.15) is 8.42 Å². The molecule has 0 saturated heterocycles. The summed E-state index contributed by atoms with van der Waals surface area (Å²) < 4.78 is 41.6. The fraction of sp³-hybridized carbons (Fsp3) is 0.429. The third-order valence-corrected chi connectivity index (χ3v) is 3.19. The Morgan fingerprint density at radius 2 is 1.26 bits per heavy atom. The van der Waals surface area contributed by atoms with E-state index in [1.54, 1.807) is 27.7 Å². The van der Waals surface area contributed by atoms with Gasteiger partial charge in [-0.25, -0.2) is 9.59 Å². The van der Waals surface area contributed by atoms with E-state index in [4.69, 9.17) is 14.0 Å². The van der Waals surface area contributed by atoms with Crippen LogP contribution in [0.3, 0.4) is 0 Å². The average Bonchev–Trinajstić information content (AvgIpc) is 2.35. The molecule has 1 rings (SSSR count). The number of rotatable bonds is 5. The molecule has 0 spiro atoms. The number of hydrogen-bond acceptors (Lipinski definition) is 6. The molecule has 1 aromatic carbocycles. The van der Waals surface area contributed by atoms with Gasteiger partial charge in [0, 0.05) is 0 Å². The Hall–Kier alpha value is -0.359. The van der Waals surface area contributed by atoms with Gasteiger partial charge in [-0.3, -0.25) is 4.55 Å². The molecular formula is C14H20BaO7S. The molecule has 0 aliphatic rings. The minimum absolute atomic E-state index is 0. The molecule has 9 heteroatoms. The molecule has 0 atom stereocenters. The van der Waals surface area contributed by atoms with E-state index in [0.29, 0.717) is 0 Å². The normalized spacial score (nSPS) is 11.1. The van der Waals surface area contributed by atoms with Crippen molar-refractivity contribution in [3.63, 3.8) is 0 Å². The zero-order chi connectivity index (χ0) is 17.1. The van der Waals surface area contributed by atoms with E-state index >= 15 is 0 Å². The quantitative estimate of drug-likeness (QED) is 0.391. The fourth-order valence-corrected chi connectivity index (χ4v) is 2.10. The predicted molar refractivity (Wildman–Crippen MR) is 85.9 cm³/mol. The molecule has 0 amide bonds. The standard InChI is InChI=1S/C14H18O7S.Ba.2H/c1-8(2)20-13(15)10-5-11(14(16)21-9(3)4)7-12(6-10)22(17,18)19;;;/h5-9H,1-4H3,(H,17,18,19);;;. The van der Waals surface area contributed by atoms with Crippen LogP contribution in [0.1, 0.15) is 48.4 Å². The van der Waals surface area contributed by atoms with E-state index in [-0.39, 0.29) is 60.0 Å². The van der Waals surface area contributed by atoms with E-state index in [2.05, 4.69) is 0 Å². The Labute approximate surface area is 175 Å². The third kappa shape index (κ3) is 7.38. The first kappa shape index (κ1) is 22.6. The van der Waals surface area contributed by atoms with Crippen LogP contribution in [-0.4, -0.2) is 86.0 Å². The summed E-state index contributed by atoms with van der Waals surface area (Å²) in [5.74, 6) is -1.61. The molecule has 7 nitrogen and oxygen atoms in total. The van der Waals surface area contributed by atoms with Crippen LogP contribution in [0, 0.1) is 0 Å². The van der Waals surface area contributed by atoms with Gasteiger partial charge >= 0.3 is 60.8 Å². The van der Waals surface area contributed by atoms with Crippen molar-refractivity contribution in [3.8, 4) is 0 Å². The Balaban J connectivity index is 0.00000484. The number of carbonyl (C=O) groups excluding carboxylic acids is 2. The molecule has 23 heavy (non-hydrogen) atoms. The molecule has 0 aliphatic heterocycles. The van der Waals surface area contributed by atoms with Crippen molar-refractivity contribution in [2.45, 2.75) is 44.8 Å². The number of hydrogen-bond donors (Lipinski definition) is 1. The molecular weight excluding hydrogens is 450 g/mol. The molecule has 0 bridgehead atoms. The van der Waals surface area contributed by atoms with Crippen LogP contribution in [0.4, 0.5) is 0 Å². The summed E-state index contributed by atoms with van der Waals surface area (Å²) in [7, 11) is -4.59. The number of benzene rings is 1. The van der Waals surface area contributed by atoms with Crippen LogP contribution in [0.5, 0.6) is 0 Å². The summed E-state index contributed by atoms with van der Waals surface area (Å²) in [6.45, 7) is 6.49. The van der Waals surface area contributed by atoms with Gasteiger partial charge in [0.05, 0.1) is 28.2 Å². The van der Waals surface area contributed by atoms with Gasteiger partial charge in [-0.1, -0.05) is 0 Å². The van der Waals surface area contributed by atoms with Crippen molar-refractivity contribution in [2.75, 3.05) is 0 Å². The van der Waals surface area contributed by atoms with Gasteiger partial charge in [0.1, 0.15) is 0 Å². The van der Waals surface area contributed by atoms with Crippen LogP contribution in [-0.2, 0) is 19.6 Å². The van der Waals surface area contributed by atoms with E-state index in [9.17, 15) is 18.0 Å². The van der Waals surface area contributed by atoms with Crippen molar-refractivity contribution >= 4 is 70.9 Å². The zero-order valence-electron chi connectivity index (χ0n) is 12.7. The van der Waals surface area contributed by atoms with Crippen LogP contribution in [0.15, 0.2) is 23.1 Å². The Morgan fingerprint density at radius 3 is 1.52 bits per heavy atom. The summed E-state index contributed by atoms with van der Waals surface area (Å²) in [6.07, 6.45) is -0.846. The first-order chi connectivity index (χ1) is 10.0. The van der Waals surface area contributed by atoms with E-state index < -0.39 is 39.2 Å². The van der Waals surface area contributed by atoms with Gasteiger partial charge in [0.25, 0.3) is 10.1 Å². The van der Waals surface area contributed by atoms with Crippen LogP contribution >= 0.6 is 0 Å². The van der Waals surface area contributed by atoms with Gasteiger partial charge < -0.3 is 9.47 Å². The van der Waals surface area contributed by atoms with Crippen LogP contribution in [0.2, 0.25) is 0 Å². The number of ether oxygens (including phenoxy) is 2. The van der Waals surface area contributed by atoms with Gasteiger partial charge in [0.2, 0.25) is 0 Å². The summed E-state index contributed by atoms with van der Waals surface area (Å²) in [5, 5.41) is 0. The van der Waals surface area contributed by atoms with Crippen molar-refractivity contribution in [1.29, 1.82) is 0 Å². The third-order valence-electron chi connectivity index (χ3n) is 2.36. The maximum absolute atomic E-state index is 11.9. The molecule has 0 aliphatic carbocycles. The average molecular weight is 470 g/mol. The molecule has 0 unspecified atom stereocenters. The first-order valence-electron chi connectivity index (χ1n) is 6.55. The Bertz CT molecular complexity index is 640. The van der Waals surface area contributed by atoms with Crippen molar-refractivity contribution in [1.82, 2.24) is 0 Å². The zero-order valence-corrected chi connectivity index (χ0v) is 13.5. The molecule has 0 fully saturated rings. The molecule has 0 radical (unpaired) electrons. The molecule has 0 heterocycles. The van der Waals surface area contributed by atoms with Crippen molar-refractivity contribution in [2.24, 2.45) is 0 Å². The minimum atomic E-state index is -4.59. The molecule has 0 aromatic heterocycles. The fourth-order valence-electron chi connectivity index (χ4n) is 1.55. The maximum atomic E-state index is 11.9. The summed E-state index contributed by atoms with van der Waals surface area (Å²) in [5.41, 5.74) is -0.334. The summed E-state index contributed by atoms with van der Waals surface area (Å²) >= 11 is 0. The number of esters is 2. The van der Waals surface area contributed by atoms with Gasteiger partial charge in [0.15, 0.2) is 0 Å². The summed E-state index contributed by atoms with van der Waals surface area (Å²) in [6, 6.07) is 3.03. The molecule has 0 saturated carbocycles. The summed E-state index contributed by atoms with van der Waals surface area (Å²) in [4.78, 5) is 23.2. The molecule has 1 N–H and O–H groups in total. The van der Waals surface area contributed by atoms with Crippen LogP contribution in [0.25, 0.3) is 0 Å². The van der Waals surface area contributed by atoms with E-state index in [1.807, 2.05) is 0 Å². The second kappa shape index (κ2) is 9.21. The second-order valence-electron chi connectivity index (χ2n) is 5.13. The van der Waals surface area contributed by atoms with Crippen molar-refractivity contribution < 1.29 is 32.0 Å². The SMILES string of the molecule is CC(C)OC(=O)c1cc(C(=O)OC(C)C)cc(S(=O)(=O)O)c1.[BaH2]. The second-order valence-corrected chi connectivity index (χ2v) is 6.55. The predicted octanol–water partition coefficient (Wildman–Crippen LogP) is 1.15. The van der Waals surface area contributed by atoms with E-state index in [1.165, 1.54) is 0 Å². The van der Waals surface area contributed by atoms with Gasteiger partial charge in [-0.05, 0) is 45.9 Å². The Morgan fingerprint density at radius 1 is 0.913 bits per heavy atom.